The summed E-state index contributed by atoms with van der Waals surface area (Å²) in [4.78, 5) is 2.33. The molecule has 0 radical (unpaired) electrons. The van der Waals surface area contributed by atoms with E-state index in [0.717, 1.165) is 34.7 Å². The molecule has 7 aromatic carbocycles. The monoisotopic (exact) mass is 616 g/mol. The molecule has 1 aliphatic carbocycles. The summed E-state index contributed by atoms with van der Waals surface area (Å²) in [6.07, 6.45) is 3.07. The van der Waals surface area contributed by atoms with Crippen LogP contribution in [0.4, 0.5) is 17.1 Å². The molecule has 0 amide bonds. The highest BCUT2D eigenvalue weighted by Gasteiger charge is 2.20. The molecule has 0 unspecified atom stereocenters. The number of nitrogens with zero attached hydrogens (tertiary/aromatic N) is 1. The fourth-order valence-electron chi connectivity index (χ4n) is 6.95. The van der Waals surface area contributed by atoms with E-state index in [9.17, 15) is 0 Å². The largest absolute Gasteiger partial charge is 0.398 e. The second-order valence-corrected chi connectivity index (χ2v) is 12.5. The molecule has 0 saturated heterocycles. The van der Waals surface area contributed by atoms with Crippen LogP contribution in [0.3, 0.4) is 0 Å². The minimum absolute atomic E-state index is 0.750. The van der Waals surface area contributed by atoms with Gasteiger partial charge in [-0.25, -0.2) is 0 Å². The molecule has 0 aliphatic heterocycles. The van der Waals surface area contributed by atoms with Gasteiger partial charge < -0.3 is 10.6 Å². The Morgan fingerprint density at radius 3 is 2.00 bits per heavy atom. The van der Waals surface area contributed by atoms with E-state index in [-0.39, 0.29) is 0 Å². The van der Waals surface area contributed by atoms with Crippen molar-refractivity contribution in [2.75, 3.05) is 4.90 Å². The van der Waals surface area contributed by atoms with E-state index < -0.39 is 0 Å². The summed E-state index contributed by atoms with van der Waals surface area (Å²) in [7, 11) is 0. The SMILES string of the molecule is Cc1ccccc1N(c1ccc(-c2cccc(-c3ccccc3)c2)cc1)c1cccc(/C(N)=C/c2cccc3c2Cc2ccccc2-3)c1. The molecule has 0 atom stereocenters. The maximum Gasteiger partial charge on any atom is 0.0490 e. The van der Waals surface area contributed by atoms with Gasteiger partial charge in [-0.1, -0.05) is 133 Å². The molecule has 2 heteroatoms. The molecule has 2 nitrogen and oxygen atoms in total. The van der Waals surface area contributed by atoms with Crippen LogP contribution in [0.5, 0.6) is 0 Å². The lowest BCUT2D eigenvalue weighted by atomic mass is 9.98. The van der Waals surface area contributed by atoms with Crippen molar-refractivity contribution in [3.63, 3.8) is 0 Å². The third-order valence-electron chi connectivity index (χ3n) is 9.42. The van der Waals surface area contributed by atoms with Crippen LogP contribution in [0.1, 0.15) is 27.8 Å². The Morgan fingerprint density at radius 2 is 1.19 bits per heavy atom. The van der Waals surface area contributed by atoms with Crippen molar-refractivity contribution in [3.8, 4) is 33.4 Å². The molecule has 8 rings (SSSR count). The summed E-state index contributed by atoms with van der Waals surface area (Å²) in [5, 5.41) is 0. The summed E-state index contributed by atoms with van der Waals surface area (Å²) in [6.45, 7) is 2.16. The van der Waals surface area contributed by atoms with Crippen molar-refractivity contribution in [1.82, 2.24) is 0 Å². The third-order valence-corrected chi connectivity index (χ3v) is 9.42. The van der Waals surface area contributed by atoms with Gasteiger partial charge in [0.1, 0.15) is 0 Å². The molecule has 1 aliphatic rings. The predicted octanol–water partition coefficient (Wildman–Crippen LogP) is 11.8. The Kier molecular flexibility index (Phi) is 7.68. The quantitative estimate of drug-likeness (QED) is 0.181. The number of aryl methyl sites for hydroxylation is 1. The van der Waals surface area contributed by atoms with Gasteiger partial charge in [0, 0.05) is 22.8 Å². The van der Waals surface area contributed by atoms with Crippen LogP contribution in [0.2, 0.25) is 0 Å². The first-order valence-corrected chi connectivity index (χ1v) is 16.5. The van der Waals surface area contributed by atoms with Gasteiger partial charge in [0.15, 0.2) is 0 Å². The van der Waals surface area contributed by atoms with Crippen LogP contribution in [0.15, 0.2) is 170 Å². The van der Waals surface area contributed by atoms with Crippen LogP contribution in [-0.2, 0) is 6.42 Å². The summed E-state index contributed by atoms with van der Waals surface area (Å²) in [6, 6.07) is 60.5. The number of rotatable bonds is 7. The van der Waals surface area contributed by atoms with Gasteiger partial charge in [-0.05, 0) is 117 Å². The van der Waals surface area contributed by atoms with E-state index in [1.54, 1.807) is 0 Å². The van der Waals surface area contributed by atoms with E-state index in [0.29, 0.717) is 0 Å². The number of para-hydroxylation sites is 1. The number of anilines is 3. The molecule has 0 saturated carbocycles. The second kappa shape index (κ2) is 12.6. The zero-order valence-corrected chi connectivity index (χ0v) is 27.0. The molecule has 230 valence electrons. The summed E-state index contributed by atoms with van der Waals surface area (Å²) < 4.78 is 0. The number of fused-ring (bicyclic) bond motifs is 3. The maximum absolute atomic E-state index is 6.88. The van der Waals surface area contributed by atoms with Crippen LogP contribution in [0, 0.1) is 6.92 Å². The first-order valence-electron chi connectivity index (χ1n) is 16.5. The van der Waals surface area contributed by atoms with Crippen molar-refractivity contribution in [2.24, 2.45) is 5.73 Å². The highest BCUT2D eigenvalue weighted by Crippen LogP contribution is 2.40. The number of benzene rings is 7. The first-order chi connectivity index (χ1) is 23.6. The van der Waals surface area contributed by atoms with Crippen molar-refractivity contribution in [2.45, 2.75) is 13.3 Å². The lowest BCUT2D eigenvalue weighted by molar-refractivity contribution is 1.25. The van der Waals surface area contributed by atoms with Gasteiger partial charge in [-0.3, -0.25) is 0 Å². The fourth-order valence-corrected chi connectivity index (χ4v) is 6.95. The van der Waals surface area contributed by atoms with Crippen LogP contribution in [0.25, 0.3) is 45.2 Å². The zero-order chi connectivity index (χ0) is 32.5. The molecule has 0 spiro atoms. The Labute approximate surface area is 283 Å². The van der Waals surface area contributed by atoms with E-state index in [1.807, 2.05) is 0 Å². The second-order valence-electron chi connectivity index (χ2n) is 12.5. The highest BCUT2D eigenvalue weighted by atomic mass is 15.1. The number of nitrogens with two attached hydrogens (primary N) is 1. The molecule has 0 heterocycles. The average molecular weight is 617 g/mol. The Morgan fingerprint density at radius 1 is 0.542 bits per heavy atom. The number of hydrogen-bond acceptors (Lipinski definition) is 2. The van der Waals surface area contributed by atoms with Crippen molar-refractivity contribution >= 4 is 28.8 Å². The van der Waals surface area contributed by atoms with Gasteiger partial charge in [0.05, 0.1) is 0 Å². The molecule has 0 bridgehead atoms. The summed E-state index contributed by atoms with van der Waals surface area (Å²) in [5.41, 5.74) is 24.4. The normalized spacial score (nSPS) is 12.0. The highest BCUT2D eigenvalue weighted by molar-refractivity contribution is 5.88. The van der Waals surface area contributed by atoms with Gasteiger partial charge in [-0.15, -0.1) is 0 Å². The van der Waals surface area contributed by atoms with Gasteiger partial charge >= 0.3 is 0 Å². The van der Waals surface area contributed by atoms with E-state index in [4.69, 9.17) is 5.73 Å². The lowest BCUT2D eigenvalue weighted by Gasteiger charge is -2.27. The molecule has 0 fully saturated rings. The van der Waals surface area contributed by atoms with E-state index in [2.05, 4.69) is 188 Å². The van der Waals surface area contributed by atoms with E-state index >= 15 is 0 Å². The topological polar surface area (TPSA) is 29.3 Å². The smallest absolute Gasteiger partial charge is 0.0490 e. The van der Waals surface area contributed by atoms with Crippen molar-refractivity contribution < 1.29 is 0 Å². The Bertz CT molecular complexity index is 2280. The zero-order valence-electron chi connectivity index (χ0n) is 27.0. The minimum atomic E-state index is 0.750. The predicted molar refractivity (Wildman–Crippen MR) is 203 cm³/mol. The molecular formula is C46H36N2. The average Bonchev–Trinajstić information content (AvgIpc) is 3.53. The van der Waals surface area contributed by atoms with Crippen molar-refractivity contribution in [3.05, 3.63) is 198 Å². The van der Waals surface area contributed by atoms with Gasteiger partial charge in [-0.2, -0.15) is 0 Å². The fraction of sp³-hybridized carbons (Fsp3) is 0.0435. The number of hydrogen-bond donors (Lipinski definition) is 1. The van der Waals surface area contributed by atoms with Gasteiger partial charge in [0.2, 0.25) is 0 Å². The van der Waals surface area contributed by atoms with Crippen LogP contribution < -0.4 is 10.6 Å². The lowest BCUT2D eigenvalue weighted by Crippen LogP contribution is -2.12. The van der Waals surface area contributed by atoms with E-state index in [1.165, 1.54) is 55.6 Å². The summed E-state index contributed by atoms with van der Waals surface area (Å²) >= 11 is 0. The molecule has 48 heavy (non-hydrogen) atoms. The maximum atomic E-state index is 6.88. The standard InChI is InChI=1S/C46H36N2/c1-32-12-5-8-23-46(32)48(40-26-24-34(25-27-40)36-17-9-16-35(28-36)33-13-3-2-4-14-33)41-20-10-19-39(29-41)45(47)31-38-18-11-22-43-42-21-7-6-15-37(42)30-44(38)43/h2-29,31H,30,47H2,1H3/b45-31-. The molecule has 2 N–H and O–H groups in total. The molecule has 0 aromatic heterocycles. The van der Waals surface area contributed by atoms with Crippen LogP contribution in [-0.4, -0.2) is 0 Å². The minimum Gasteiger partial charge on any atom is -0.398 e. The van der Waals surface area contributed by atoms with Crippen LogP contribution >= 0.6 is 0 Å². The van der Waals surface area contributed by atoms with Crippen molar-refractivity contribution in [1.29, 1.82) is 0 Å². The molecule has 7 aromatic rings. The molecular weight excluding hydrogens is 581 g/mol. The van der Waals surface area contributed by atoms with Gasteiger partial charge in [0.25, 0.3) is 0 Å². The Balaban J connectivity index is 1.15. The Hall–Kier alpha value is -6.12. The third kappa shape index (κ3) is 5.59. The summed E-state index contributed by atoms with van der Waals surface area (Å²) in [5.74, 6) is 0. The first kappa shape index (κ1) is 29.3.